The lowest BCUT2D eigenvalue weighted by Gasteiger charge is -2.17. The van der Waals surface area contributed by atoms with E-state index in [0.717, 1.165) is 26.4 Å². The molecule has 0 aliphatic rings. The molecule has 0 fully saturated rings. The van der Waals surface area contributed by atoms with Crippen LogP contribution < -0.4 is 5.32 Å². The second-order valence-corrected chi connectivity index (χ2v) is 8.14. The van der Waals surface area contributed by atoms with Gasteiger partial charge in [-0.1, -0.05) is 38.8 Å². The van der Waals surface area contributed by atoms with Crippen molar-refractivity contribution in [1.82, 2.24) is 9.88 Å². The molecular weight excluding hydrogens is 432 g/mol. The Hall–Kier alpha value is -0.880. The summed E-state index contributed by atoms with van der Waals surface area (Å²) in [5.41, 5.74) is 2.29. The first kappa shape index (κ1) is 17.9. The van der Waals surface area contributed by atoms with Gasteiger partial charge in [0.15, 0.2) is 0 Å². The summed E-state index contributed by atoms with van der Waals surface area (Å²) in [6, 6.07) is 13.0. The van der Waals surface area contributed by atoms with Gasteiger partial charge in [0.05, 0.1) is 12.6 Å². The Morgan fingerprint density at radius 3 is 2.08 bits per heavy atom. The molecule has 0 saturated heterocycles. The average Bonchev–Trinajstić information content (AvgIpc) is 2.85. The number of aromatic nitrogens is 1. The summed E-state index contributed by atoms with van der Waals surface area (Å²) in [6.45, 7) is 5.46. The van der Waals surface area contributed by atoms with Crippen LogP contribution in [0.15, 0.2) is 45.3 Å². The second kappa shape index (κ2) is 7.56. The summed E-state index contributed by atoms with van der Waals surface area (Å²) in [5.74, 6) is 0. The fourth-order valence-corrected chi connectivity index (χ4v) is 3.72. The van der Waals surface area contributed by atoms with Crippen LogP contribution in [-0.2, 0) is 6.54 Å². The van der Waals surface area contributed by atoms with E-state index in [4.69, 9.17) is 0 Å². The first-order valence-corrected chi connectivity index (χ1v) is 9.86. The van der Waals surface area contributed by atoms with E-state index in [2.05, 4.69) is 92.0 Å². The van der Waals surface area contributed by atoms with Crippen LogP contribution in [0.5, 0.6) is 0 Å². The standard InChI is InChI=1S/C19H22Br2N2O/c1-3-12(2)22-10-15(24)11-23-18-6-4-13(20)8-16(18)17-9-14(21)5-7-19(17)23/h4-9,12,15,22,24H,3,10-11H2,1-2H3/t12-,15-/m0/s1. The molecule has 5 heteroatoms. The Labute approximate surface area is 159 Å². The van der Waals surface area contributed by atoms with E-state index < -0.39 is 6.10 Å². The number of aliphatic hydroxyl groups is 1. The second-order valence-electron chi connectivity index (χ2n) is 6.30. The molecule has 1 heterocycles. The van der Waals surface area contributed by atoms with E-state index >= 15 is 0 Å². The van der Waals surface area contributed by atoms with E-state index in [1.807, 2.05) is 0 Å². The lowest BCUT2D eigenvalue weighted by atomic mass is 10.2. The highest BCUT2D eigenvalue weighted by molar-refractivity contribution is 9.10. The van der Waals surface area contributed by atoms with Crippen molar-refractivity contribution in [2.24, 2.45) is 0 Å². The highest BCUT2D eigenvalue weighted by Crippen LogP contribution is 2.33. The van der Waals surface area contributed by atoms with Crippen molar-refractivity contribution in [1.29, 1.82) is 0 Å². The Morgan fingerprint density at radius 1 is 1.04 bits per heavy atom. The van der Waals surface area contributed by atoms with Gasteiger partial charge in [-0.3, -0.25) is 0 Å². The maximum absolute atomic E-state index is 10.5. The number of hydrogen-bond acceptors (Lipinski definition) is 2. The predicted octanol–water partition coefficient (Wildman–Crippen LogP) is 5.07. The van der Waals surface area contributed by atoms with Crippen LogP contribution in [0, 0.1) is 0 Å². The fourth-order valence-electron chi connectivity index (χ4n) is 3.00. The molecule has 0 spiro atoms. The maximum atomic E-state index is 10.5. The molecule has 3 nitrogen and oxygen atoms in total. The average molecular weight is 454 g/mol. The van der Waals surface area contributed by atoms with Crippen molar-refractivity contribution in [3.63, 3.8) is 0 Å². The Kier molecular flexibility index (Phi) is 5.65. The van der Waals surface area contributed by atoms with Crippen molar-refractivity contribution < 1.29 is 5.11 Å². The van der Waals surface area contributed by atoms with Gasteiger partial charge in [-0.2, -0.15) is 0 Å². The maximum Gasteiger partial charge on any atom is 0.0843 e. The molecule has 3 aromatic rings. The van der Waals surface area contributed by atoms with E-state index in [1.165, 1.54) is 10.8 Å². The molecule has 0 amide bonds. The number of nitrogens with zero attached hydrogens (tertiary/aromatic N) is 1. The number of nitrogens with one attached hydrogen (secondary N) is 1. The molecule has 0 aliphatic heterocycles. The van der Waals surface area contributed by atoms with Gasteiger partial charge in [0.1, 0.15) is 0 Å². The van der Waals surface area contributed by atoms with Crippen LogP contribution in [-0.4, -0.2) is 28.4 Å². The van der Waals surface area contributed by atoms with Crippen molar-refractivity contribution in [3.8, 4) is 0 Å². The molecule has 2 atom stereocenters. The van der Waals surface area contributed by atoms with Crippen LogP contribution in [0.1, 0.15) is 20.3 Å². The zero-order chi connectivity index (χ0) is 17.3. The minimum atomic E-state index is -0.426. The number of fused-ring (bicyclic) bond motifs is 3. The van der Waals surface area contributed by atoms with Gasteiger partial charge in [0.2, 0.25) is 0 Å². The van der Waals surface area contributed by atoms with Crippen molar-refractivity contribution in [3.05, 3.63) is 45.3 Å². The Morgan fingerprint density at radius 2 is 1.58 bits per heavy atom. The van der Waals surface area contributed by atoms with Gasteiger partial charge < -0.3 is 15.0 Å². The first-order chi connectivity index (χ1) is 11.5. The number of halogens is 2. The topological polar surface area (TPSA) is 37.2 Å². The van der Waals surface area contributed by atoms with Crippen LogP contribution in [0.3, 0.4) is 0 Å². The van der Waals surface area contributed by atoms with Crippen LogP contribution in [0.25, 0.3) is 21.8 Å². The number of hydrogen-bond donors (Lipinski definition) is 2. The Balaban J connectivity index is 1.99. The number of rotatable bonds is 6. The van der Waals surface area contributed by atoms with Gasteiger partial charge in [-0.15, -0.1) is 0 Å². The quantitative estimate of drug-likeness (QED) is 0.546. The van der Waals surface area contributed by atoms with Crippen LogP contribution in [0.4, 0.5) is 0 Å². The molecule has 3 rings (SSSR count). The third kappa shape index (κ3) is 3.69. The monoisotopic (exact) mass is 452 g/mol. The van der Waals surface area contributed by atoms with Gasteiger partial charge >= 0.3 is 0 Å². The molecule has 1 aromatic heterocycles. The smallest absolute Gasteiger partial charge is 0.0843 e. The summed E-state index contributed by atoms with van der Waals surface area (Å²) in [7, 11) is 0. The van der Waals surface area contributed by atoms with E-state index in [9.17, 15) is 5.11 Å². The first-order valence-electron chi connectivity index (χ1n) is 8.28. The molecule has 0 bridgehead atoms. The van der Waals surface area contributed by atoms with Crippen molar-refractivity contribution in [2.45, 2.75) is 39.0 Å². The highest BCUT2D eigenvalue weighted by Gasteiger charge is 2.15. The fraction of sp³-hybridized carbons (Fsp3) is 0.368. The molecular formula is C19H22Br2N2O. The van der Waals surface area contributed by atoms with E-state index in [0.29, 0.717) is 19.1 Å². The van der Waals surface area contributed by atoms with Gasteiger partial charge in [0, 0.05) is 43.3 Å². The SMILES string of the molecule is CC[C@H](C)NC[C@H](O)Cn1c2ccc(Br)cc2c2cc(Br)ccc21. The van der Waals surface area contributed by atoms with Crippen molar-refractivity contribution in [2.75, 3.05) is 6.54 Å². The summed E-state index contributed by atoms with van der Waals surface area (Å²) >= 11 is 7.13. The van der Waals surface area contributed by atoms with Crippen LogP contribution >= 0.6 is 31.9 Å². The number of benzene rings is 2. The Bertz CT molecular complexity index is 800. The van der Waals surface area contributed by atoms with E-state index in [1.54, 1.807) is 0 Å². The van der Waals surface area contributed by atoms with Crippen molar-refractivity contribution >= 4 is 53.7 Å². The normalized spacial score (nSPS) is 14.4. The van der Waals surface area contributed by atoms with Gasteiger partial charge in [-0.25, -0.2) is 0 Å². The zero-order valence-corrected chi connectivity index (χ0v) is 17.1. The molecule has 0 aliphatic carbocycles. The minimum absolute atomic E-state index is 0.421. The number of aliphatic hydroxyl groups excluding tert-OH is 1. The molecule has 0 radical (unpaired) electrons. The van der Waals surface area contributed by atoms with Crippen LogP contribution in [0.2, 0.25) is 0 Å². The largest absolute Gasteiger partial charge is 0.390 e. The summed E-state index contributed by atoms with van der Waals surface area (Å²) in [6.07, 6.45) is 0.634. The molecule has 128 valence electrons. The zero-order valence-electron chi connectivity index (χ0n) is 13.9. The van der Waals surface area contributed by atoms with Gasteiger partial charge in [0.25, 0.3) is 0 Å². The molecule has 0 saturated carbocycles. The molecule has 0 unspecified atom stereocenters. The molecule has 2 N–H and O–H groups in total. The summed E-state index contributed by atoms with van der Waals surface area (Å²) in [4.78, 5) is 0. The van der Waals surface area contributed by atoms with E-state index in [-0.39, 0.29) is 0 Å². The highest BCUT2D eigenvalue weighted by atomic mass is 79.9. The predicted molar refractivity (Wildman–Crippen MR) is 109 cm³/mol. The molecule has 2 aromatic carbocycles. The lowest BCUT2D eigenvalue weighted by Crippen LogP contribution is -2.35. The lowest BCUT2D eigenvalue weighted by molar-refractivity contribution is 0.150. The third-order valence-corrected chi connectivity index (χ3v) is 5.48. The summed E-state index contributed by atoms with van der Waals surface area (Å²) in [5, 5.41) is 16.3. The van der Waals surface area contributed by atoms with Gasteiger partial charge in [-0.05, 0) is 49.7 Å². The minimum Gasteiger partial charge on any atom is -0.390 e. The molecule has 24 heavy (non-hydrogen) atoms. The third-order valence-electron chi connectivity index (χ3n) is 4.50. The summed E-state index contributed by atoms with van der Waals surface area (Å²) < 4.78 is 4.34.